The van der Waals surface area contributed by atoms with Crippen LogP contribution in [0.2, 0.25) is 0 Å². The van der Waals surface area contributed by atoms with Gasteiger partial charge in [0.05, 0.1) is 33.6 Å². The lowest BCUT2D eigenvalue weighted by molar-refractivity contribution is -0.135. The fraction of sp³-hybridized carbons (Fsp3) is 0.214. The number of ether oxygens (including phenoxy) is 1. The van der Waals surface area contributed by atoms with Crippen LogP contribution in [0.3, 0.4) is 0 Å². The van der Waals surface area contributed by atoms with Gasteiger partial charge in [-0.3, -0.25) is 19.2 Å². The second kappa shape index (κ2) is 12.8. The zero-order valence-corrected chi connectivity index (χ0v) is 30.4. The van der Waals surface area contributed by atoms with Crippen LogP contribution in [0.15, 0.2) is 109 Å². The highest BCUT2D eigenvalue weighted by Gasteiger charge is 2.66. The van der Waals surface area contributed by atoms with E-state index in [0.717, 1.165) is 22.6 Å². The van der Waals surface area contributed by atoms with Gasteiger partial charge in [-0.25, -0.2) is 9.69 Å². The quantitative estimate of drug-likeness (QED) is 0.113. The van der Waals surface area contributed by atoms with Gasteiger partial charge in [-0.1, -0.05) is 72.3 Å². The second-order valence-corrected chi connectivity index (χ2v) is 15.0. The first-order chi connectivity index (χ1) is 25.5. The number of nitrogens with zero attached hydrogens (tertiary/aromatic N) is 1. The van der Waals surface area contributed by atoms with Gasteiger partial charge in [0.2, 0.25) is 11.8 Å². The Morgan fingerprint density at radius 3 is 2.25 bits per heavy atom. The number of benzene rings is 4. The van der Waals surface area contributed by atoms with E-state index in [2.05, 4.69) is 0 Å². The molecule has 3 aliphatic carbocycles. The molecule has 1 saturated heterocycles. The van der Waals surface area contributed by atoms with Crippen LogP contribution < -0.4 is 9.64 Å². The van der Waals surface area contributed by atoms with Crippen molar-refractivity contribution in [1.82, 2.24) is 0 Å². The lowest BCUT2D eigenvalue weighted by atomic mass is 9.44. The Kier molecular flexibility index (Phi) is 8.36. The molecule has 1 saturated carbocycles. The van der Waals surface area contributed by atoms with Gasteiger partial charge in [0.25, 0.3) is 0 Å². The summed E-state index contributed by atoms with van der Waals surface area (Å²) >= 11 is 2.00. The maximum absolute atomic E-state index is 15.2. The van der Waals surface area contributed by atoms with Crippen molar-refractivity contribution in [1.29, 1.82) is 0 Å². The Hall–Kier alpha value is -5.56. The Bertz CT molecular complexity index is 2320. The molecule has 11 heteroatoms. The highest BCUT2D eigenvalue weighted by Crippen LogP contribution is 2.64. The van der Waals surface area contributed by atoms with Crippen molar-refractivity contribution in [3.63, 3.8) is 0 Å². The second-order valence-electron chi connectivity index (χ2n) is 13.9. The molecule has 1 aliphatic heterocycles. The molecule has 2 fully saturated rings. The molecule has 266 valence electrons. The summed E-state index contributed by atoms with van der Waals surface area (Å²) in [5, 5.41) is 30.8. The summed E-state index contributed by atoms with van der Waals surface area (Å²) in [5.41, 5.74) is 1.05. The Labute approximate surface area is 317 Å². The molecule has 4 aliphatic rings. The van der Waals surface area contributed by atoms with Crippen LogP contribution >= 0.6 is 22.6 Å². The predicted octanol–water partition coefficient (Wildman–Crippen LogP) is 6.44. The molecule has 0 aromatic heterocycles. The molecule has 2 amide bonds. The minimum absolute atomic E-state index is 0.0421. The molecule has 8 rings (SSSR count). The SMILES string of the molecule is COc1cc([C@H]2C3=CC[C@@H]4C(=O)N(c5ccc(C(=O)O)c(O)c5)C(=O)[C@@H]4[C@@H]3C[C@H]3C(=O)C(c4ccccc4)=CC(=O)[C@@]23c2ccccc2)cc(I)c1O. The van der Waals surface area contributed by atoms with Crippen molar-refractivity contribution >= 4 is 63.2 Å². The summed E-state index contributed by atoms with van der Waals surface area (Å²) in [6.45, 7) is 0. The van der Waals surface area contributed by atoms with E-state index in [4.69, 9.17) is 4.74 Å². The fourth-order valence-corrected chi connectivity index (χ4v) is 9.89. The van der Waals surface area contributed by atoms with Crippen molar-refractivity contribution in [2.45, 2.75) is 24.2 Å². The van der Waals surface area contributed by atoms with Gasteiger partial charge >= 0.3 is 5.97 Å². The average molecular weight is 822 g/mol. The van der Waals surface area contributed by atoms with E-state index in [0.29, 0.717) is 20.3 Å². The molecule has 53 heavy (non-hydrogen) atoms. The minimum Gasteiger partial charge on any atom is -0.507 e. The number of carbonyl (C=O) groups is 5. The van der Waals surface area contributed by atoms with E-state index in [9.17, 15) is 29.7 Å². The van der Waals surface area contributed by atoms with Crippen LogP contribution in [-0.4, -0.2) is 51.8 Å². The molecule has 4 aromatic carbocycles. The van der Waals surface area contributed by atoms with E-state index in [1.165, 1.54) is 19.3 Å². The van der Waals surface area contributed by atoms with E-state index in [1.54, 1.807) is 36.4 Å². The summed E-state index contributed by atoms with van der Waals surface area (Å²) in [5.74, 6) is -7.52. The van der Waals surface area contributed by atoms with Crippen LogP contribution in [-0.2, 0) is 24.6 Å². The number of rotatable bonds is 6. The lowest BCUT2D eigenvalue weighted by Gasteiger charge is -2.55. The van der Waals surface area contributed by atoms with Crippen LogP contribution in [0.4, 0.5) is 5.69 Å². The molecular weight excluding hydrogens is 789 g/mol. The number of phenolic OH excluding ortho intramolecular Hbond substituents is 1. The fourth-order valence-electron chi connectivity index (χ4n) is 9.26. The van der Waals surface area contributed by atoms with Crippen molar-refractivity contribution in [3.8, 4) is 17.2 Å². The monoisotopic (exact) mass is 821 g/mol. The van der Waals surface area contributed by atoms with E-state index < -0.39 is 58.5 Å². The first kappa shape index (κ1) is 34.5. The van der Waals surface area contributed by atoms with Crippen molar-refractivity contribution in [2.24, 2.45) is 23.7 Å². The van der Waals surface area contributed by atoms with Gasteiger partial charge in [-0.05, 0) is 88.4 Å². The van der Waals surface area contributed by atoms with E-state index >= 15 is 9.59 Å². The third kappa shape index (κ3) is 5.07. The summed E-state index contributed by atoms with van der Waals surface area (Å²) < 4.78 is 6.05. The number of amides is 2. The summed E-state index contributed by atoms with van der Waals surface area (Å²) in [6, 6.07) is 25.2. The number of allylic oxidation sites excluding steroid dienone is 4. The number of halogens is 1. The molecule has 10 nitrogen and oxygen atoms in total. The van der Waals surface area contributed by atoms with Gasteiger partial charge in [-0.2, -0.15) is 0 Å². The molecule has 0 unspecified atom stereocenters. The van der Waals surface area contributed by atoms with E-state index in [-0.39, 0.29) is 52.7 Å². The Morgan fingerprint density at radius 2 is 1.58 bits per heavy atom. The maximum atomic E-state index is 15.2. The maximum Gasteiger partial charge on any atom is 0.339 e. The lowest BCUT2D eigenvalue weighted by Crippen LogP contribution is -2.58. The molecule has 0 radical (unpaired) electrons. The van der Waals surface area contributed by atoms with Gasteiger partial charge in [0, 0.05) is 23.5 Å². The number of carbonyl (C=O) groups excluding carboxylic acids is 4. The molecule has 0 spiro atoms. The van der Waals surface area contributed by atoms with Gasteiger partial charge < -0.3 is 20.1 Å². The zero-order valence-electron chi connectivity index (χ0n) is 28.2. The highest BCUT2D eigenvalue weighted by molar-refractivity contribution is 14.1. The predicted molar refractivity (Wildman–Crippen MR) is 202 cm³/mol. The number of anilines is 1. The first-order valence-corrected chi connectivity index (χ1v) is 18.2. The summed E-state index contributed by atoms with van der Waals surface area (Å²) in [6.07, 6.45) is 3.64. The van der Waals surface area contributed by atoms with Crippen molar-refractivity contribution in [2.75, 3.05) is 12.0 Å². The van der Waals surface area contributed by atoms with Crippen molar-refractivity contribution < 1.29 is 44.0 Å². The van der Waals surface area contributed by atoms with Gasteiger partial charge in [0.15, 0.2) is 23.1 Å². The molecular formula is C42H32INO9. The smallest absolute Gasteiger partial charge is 0.339 e. The zero-order chi connectivity index (χ0) is 37.3. The third-order valence-electron chi connectivity index (χ3n) is 11.4. The highest BCUT2D eigenvalue weighted by atomic mass is 127. The summed E-state index contributed by atoms with van der Waals surface area (Å²) in [4.78, 5) is 71.6. The Balaban J connectivity index is 1.35. The number of carboxylic acids is 1. The number of fused-ring (bicyclic) bond motifs is 4. The largest absolute Gasteiger partial charge is 0.507 e. The third-order valence-corrected chi connectivity index (χ3v) is 12.3. The number of phenols is 2. The number of hydrogen-bond acceptors (Lipinski definition) is 8. The number of Topliss-reactive ketones (excluding diaryl/α,β-unsaturated/α-hetero) is 1. The summed E-state index contributed by atoms with van der Waals surface area (Å²) in [7, 11) is 1.43. The topological polar surface area (TPSA) is 159 Å². The number of ketones is 2. The number of carboxylic acid groups (broad SMARTS) is 1. The van der Waals surface area contributed by atoms with Gasteiger partial charge in [0.1, 0.15) is 11.3 Å². The average Bonchev–Trinajstić information content (AvgIpc) is 3.42. The minimum atomic E-state index is -1.46. The van der Waals surface area contributed by atoms with Crippen LogP contribution in [0.1, 0.15) is 45.8 Å². The molecule has 0 bridgehead atoms. The molecule has 3 N–H and O–H groups in total. The first-order valence-electron chi connectivity index (χ1n) is 17.1. The number of aromatic hydroxyl groups is 2. The number of imide groups is 1. The molecule has 6 atom stereocenters. The Morgan fingerprint density at radius 1 is 0.887 bits per heavy atom. The van der Waals surface area contributed by atoms with E-state index in [1.807, 2.05) is 65.1 Å². The van der Waals surface area contributed by atoms with Crippen LogP contribution in [0.25, 0.3) is 5.57 Å². The molecule has 1 heterocycles. The van der Waals surface area contributed by atoms with Crippen LogP contribution in [0.5, 0.6) is 17.2 Å². The van der Waals surface area contributed by atoms with Crippen molar-refractivity contribution in [3.05, 3.63) is 135 Å². The van der Waals surface area contributed by atoms with Gasteiger partial charge in [-0.15, -0.1) is 0 Å². The number of hydrogen-bond donors (Lipinski definition) is 3. The normalized spacial score (nSPS) is 26.3. The molecule has 4 aromatic rings. The van der Waals surface area contributed by atoms with Crippen LogP contribution in [0, 0.1) is 27.2 Å². The standard InChI is InChI=1S/C42H32INO9/c1-53-33-17-22(16-31(43)38(33)48)36-25-14-15-27-35(40(50)44(39(27)49)24-12-13-26(41(51)52)32(45)18-24)29(25)19-30-37(47)28(21-8-4-2-5-9-21)20-34(46)42(30,36)23-10-6-3-7-11-23/h2-14,16-18,20,27,29-30,35-36,45,48H,15,19H2,1H3,(H,51,52)/t27-,29+,30-,35-,36-,42-/m0/s1. The number of aromatic carboxylic acids is 1. The number of methoxy groups -OCH3 is 1.